The van der Waals surface area contributed by atoms with Crippen molar-refractivity contribution in [1.29, 1.82) is 0 Å². The quantitative estimate of drug-likeness (QED) is 0.753. The van der Waals surface area contributed by atoms with Crippen LogP contribution >= 0.6 is 0 Å². The molecular formula is C11H16N4O2. The molecule has 1 aromatic rings. The van der Waals surface area contributed by atoms with Gasteiger partial charge in [-0.1, -0.05) is 0 Å². The summed E-state index contributed by atoms with van der Waals surface area (Å²) in [5.41, 5.74) is 5.77. The van der Waals surface area contributed by atoms with Crippen LogP contribution in [0, 0.1) is 0 Å². The van der Waals surface area contributed by atoms with Crippen LogP contribution in [0.25, 0.3) is 0 Å². The number of hydrogen-bond acceptors (Lipinski definition) is 6. The second kappa shape index (κ2) is 4.99. The van der Waals surface area contributed by atoms with E-state index < -0.39 is 0 Å². The van der Waals surface area contributed by atoms with E-state index in [1.165, 1.54) is 6.20 Å². The molecule has 0 radical (unpaired) electrons. The summed E-state index contributed by atoms with van der Waals surface area (Å²) >= 11 is 0. The van der Waals surface area contributed by atoms with Crippen molar-refractivity contribution in [1.82, 2.24) is 9.97 Å². The summed E-state index contributed by atoms with van der Waals surface area (Å²) in [6, 6.07) is 0.332. The van der Waals surface area contributed by atoms with Crippen molar-refractivity contribution in [2.45, 2.75) is 25.8 Å². The molecule has 6 nitrogen and oxygen atoms in total. The molecule has 0 spiro atoms. The van der Waals surface area contributed by atoms with Crippen molar-refractivity contribution in [3.8, 4) is 0 Å². The Morgan fingerprint density at radius 3 is 2.82 bits per heavy atom. The van der Waals surface area contributed by atoms with Crippen LogP contribution in [0.3, 0.4) is 0 Å². The fourth-order valence-electron chi connectivity index (χ4n) is 1.67. The minimum Gasteiger partial charge on any atom is -0.465 e. The third-order valence-corrected chi connectivity index (χ3v) is 2.57. The van der Waals surface area contributed by atoms with Crippen LogP contribution in [0.4, 0.5) is 11.6 Å². The molecule has 1 aliphatic carbocycles. The van der Waals surface area contributed by atoms with E-state index in [0.717, 1.165) is 12.8 Å². The zero-order valence-electron chi connectivity index (χ0n) is 9.80. The van der Waals surface area contributed by atoms with E-state index in [9.17, 15) is 4.79 Å². The van der Waals surface area contributed by atoms with Gasteiger partial charge in [-0.05, 0) is 19.8 Å². The maximum Gasteiger partial charge on any atom is 0.325 e. The van der Waals surface area contributed by atoms with Gasteiger partial charge in [-0.25, -0.2) is 9.97 Å². The van der Waals surface area contributed by atoms with Gasteiger partial charge < -0.3 is 15.4 Å². The van der Waals surface area contributed by atoms with Gasteiger partial charge in [0.2, 0.25) is 0 Å². The Labute approximate surface area is 99.8 Å². The van der Waals surface area contributed by atoms with Gasteiger partial charge in [0.15, 0.2) is 11.6 Å². The number of rotatable bonds is 5. The van der Waals surface area contributed by atoms with Gasteiger partial charge in [0, 0.05) is 18.4 Å². The number of anilines is 2. The summed E-state index contributed by atoms with van der Waals surface area (Å²) in [6.45, 7) is 2.35. The third-order valence-electron chi connectivity index (χ3n) is 2.57. The van der Waals surface area contributed by atoms with E-state index in [-0.39, 0.29) is 12.5 Å². The van der Waals surface area contributed by atoms with Gasteiger partial charge in [-0.3, -0.25) is 4.79 Å². The Bertz CT molecular complexity index is 406. The summed E-state index contributed by atoms with van der Waals surface area (Å²) < 4.78 is 4.94. The minimum absolute atomic E-state index is 0.182. The maximum absolute atomic E-state index is 11.5. The lowest BCUT2D eigenvalue weighted by molar-refractivity contribution is -0.141. The van der Waals surface area contributed by atoms with E-state index in [4.69, 9.17) is 10.5 Å². The van der Waals surface area contributed by atoms with Crippen molar-refractivity contribution in [2.75, 3.05) is 23.8 Å². The molecule has 0 aliphatic heterocycles. The number of carbonyl (C=O) groups is 1. The molecule has 0 unspecified atom stereocenters. The number of nitrogens with two attached hydrogens (primary N) is 1. The van der Waals surface area contributed by atoms with E-state index in [2.05, 4.69) is 9.97 Å². The predicted molar refractivity (Wildman–Crippen MR) is 63.4 cm³/mol. The topological polar surface area (TPSA) is 81.3 Å². The standard InChI is InChI=1S/C11H16N4O2/c1-2-17-9(16)7-15(8-3-4-8)11-10(12)13-5-6-14-11/h5-6,8H,2-4,7H2,1H3,(H2,12,13). The van der Waals surface area contributed by atoms with Crippen LogP contribution in [-0.4, -0.2) is 35.1 Å². The SMILES string of the molecule is CCOC(=O)CN(c1nccnc1N)C1CC1. The van der Waals surface area contributed by atoms with Gasteiger partial charge in [-0.15, -0.1) is 0 Å². The monoisotopic (exact) mass is 236 g/mol. The predicted octanol–water partition coefficient (Wildman–Crippen LogP) is 0.591. The van der Waals surface area contributed by atoms with E-state index in [1.807, 2.05) is 4.90 Å². The average molecular weight is 236 g/mol. The lowest BCUT2D eigenvalue weighted by Crippen LogP contribution is -2.34. The lowest BCUT2D eigenvalue weighted by atomic mass is 10.4. The van der Waals surface area contributed by atoms with Crippen LogP contribution in [0.5, 0.6) is 0 Å². The summed E-state index contributed by atoms with van der Waals surface area (Å²) in [4.78, 5) is 21.6. The molecule has 0 amide bonds. The number of carbonyl (C=O) groups excluding carboxylic acids is 1. The summed E-state index contributed by atoms with van der Waals surface area (Å²) in [5.74, 6) is 0.663. The number of hydrogen-bond donors (Lipinski definition) is 1. The van der Waals surface area contributed by atoms with Crippen molar-refractivity contribution < 1.29 is 9.53 Å². The summed E-state index contributed by atoms with van der Waals surface area (Å²) in [7, 11) is 0. The van der Waals surface area contributed by atoms with Gasteiger partial charge in [0.1, 0.15) is 6.54 Å². The highest BCUT2D eigenvalue weighted by Crippen LogP contribution is 2.32. The first-order valence-corrected chi connectivity index (χ1v) is 5.71. The molecule has 0 aromatic carbocycles. The van der Waals surface area contributed by atoms with Crippen LogP contribution in [-0.2, 0) is 9.53 Å². The normalized spacial score (nSPS) is 14.4. The van der Waals surface area contributed by atoms with Gasteiger partial charge in [0.25, 0.3) is 0 Å². The van der Waals surface area contributed by atoms with Gasteiger partial charge in [-0.2, -0.15) is 0 Å². The summed E-state index contributed by atoms with van der Waals surface area (Å²) in [5, 5.41) is 0. The highest BCUT2D eigenvalue weighted by molar-refractivity contribution is 5.77. The molecule has 1 fully saturated rings. The Hall–Kier alpha value is -1.85. The van der Waals surface area contributed by atoms with Crippen LogP contribution < -0.4 is 10.6 Å². The molecule has 1 heterocycles. The fourth-order valence-corrected chi connectivity index (χ4v) is 1.67. The average Bonchev–Trinajstić information content (AvgIpc) is 3.11. The van der Waals surface area contributed by atoms with Crippen molar-refractivity contribution >= 4 is 17.6 Å². The third kappa shape index (κ3) is 2.83. The molecule has 0 saturated heterocycles. The molecule has 1 aliphatic rings. The Balaban J connectivity index is 2.12. The molecule has 2 rings (SSSR count). The number of nitrogen functional groups attached to an aromatic ring is 1. The highest BCUT2D eigenvalue weighted by Gasteiger charge is 2.32. The second-order valence-corrected chi connectivity index (χ2v) is 3.93. The number of nitrogens with zero attached hydrogens (tertiary/aromatic N) is 3. The Morgan fingerprint density at radius 1 is 1.53 bits per heavy atom. The molecule has 0 atom stereocenters. The number of ether oxygens (including phenoxy) is 1. The molecule has 92 valence electrons. The largest absolute Gasteiger partial charge is 0.465 e. The first-order chi connectivity index (χ1) is 8.22. The second-order valence-electron chi connectivity index (χ2n) is 3.93. The van der Waals surface area contributed by atoms with Gasteiger partial charge in [0.05, 0.1) is 6.61 Å². The molecule has 17 heavy (non-hydrogen) atoms. The summed E-state index contributed by atoms with van der Waals surface area (Å²) in [6.07, 6.45) is 5.21. The van der Waals surface area contributed by atoms with Crippen molar-refractivity contribution in [2.24, 2.45) is 0 Å². The van der Waals surface area contributed by atoms with E-state index in [0.29, 0.717) is 24.3 Å². The van der Waals surface area contributed by atoms with Crippen LogP contribution in [0.15, 0.2) is 12.4 Å². The zero-order chi connectivity index (χ0) is 12.3. The first kappa shape index (κ1) is 11.6. The molecule has 0 bridgehead atoms. The maximum atomic E-state index is 11.5. The van der Waals surface area contributed by atoms with E-state index in [1.54, 1.807) is 13.1 Å². The molecule has 6 heteroatoms. The molecule has 2 N–H and O–H groups in total. The number of esters is 1. The van der Waals surface area contributed by atoms with Crippen molar-refractivity contribution in [3.05, 3.63) is 12.4 Å². The van der Waals surface area contributed by atoms with Crippen LogP contribution in [0.2, 0.25) is 0 Å². The van der Waals surface area contributed by atoms with Crippen LogP contribution in [0.1, 0.15) is 19.8 Å². The zero-order valence-corrected chi connectivity index (χ0v) is 9.80. The number of aromatic nitrogens is 2. The minimum atomic E-state index is -0.260. The highest BCUT2D eigenvalue weighted by atomic mass is 16.5. The first-order valence-electron chi connectivity index (χ1n) is 5.71. The fraction of sp³-hybridized carbons (Fsp3) is 0.545. The van der Waals surface area contributed by atoms with Gasteiger partial charge >= 0.3 is 5.97 Å². The Morgan fingerprint density at radius 2 is 2.24 bits per heavy atom. The molecule has 1 saturated carbocycles. The molecule has 1 aromatic heterocycles. The smallest absolute Gasteiger partial charge is 0.325 e. The van der Waals surface area contributed by atoms with Crippen molar-refractivity contribution in [3.63, 3.8) is 0 Å². The van der Waals surface area contributed by atoms with E-state index >= 15 is 0 Å². The molecular weight excluding hydrogens is 220 g/mol. The lowest BCUT2D eigenvalue weighted by Gasteiger charge is -2.22. The Kier molecular flexibility index (Phi) is 3.41.